The molecule has 0 aliphatic carbocycles. The van der Waals surface area contributed by atoms with Crippen molar-refractivity contribution in [3.8, 4) is 0 Å². The van der Waals surface area contributed by atoms with E-state index in [1.807, 2.05) is 0 Å². The van der Waals surface area contributed by atoms with Crippen molar-refractivity contribution < 1.29 is 9.60 Å². The molecule has 0 unspecified atom stereocenters. The van der Waals surface area contributed by atoms with Crippen LogP contribution in [0.2, 0.25) is 5.02 Å². The molecule has 0 heterocycles. The lowest BCUT2D eigenvalue weighted by molar-refractivity contribution is 0.322. The number of benzene rings is 1. The summed E-state index contributed by atoms with van der Waals surface area (Å²) in [7, 11) is 0. The van der Waals surface area contributed by atoms with Gasteiger partial charge < -0.3 is 5.21 Å². The molecule has 0 fully saturated rings. The van der Waals surface area contributed by atoms with Crippen molar-refractivity contribution in [2.45, 2.75) is 0 Å². The van der Waals surface area contributed by atoms with E-state index in [0.717, 1.165) is 6.21 Å². The van der Waals surface area contributed by atoms with E-state index in [-0.39, 0.29) is 0 Å². The van der Waals surface area contributed by atoms with E-state index < -0.39 is 5.82 Å². The van der Waals surface area contributed by atoms with Crippen molar-refractivity contribution >= 4 is 17.8 Å². The average molecular weight is 174 g/mol. The molecule has 0 amide bonds. The zero-order valence-corrected chi connectivity index (χ0v) is 6.22. The molecule has 1 N–H and O–H groups in total. The Bertz CT molecular complexity index is 288. The number of hydrogen-bond acceptors (Lipinski definition) is 2. The molecule has 0 saturated carbocycles. The Morgan fingerprint density at radius 1 is 1.55 bits per heavy atom. The van der Waals surface area contributed by atoms with Crippen LogP contribution in [0.5, 0.6) is 0 Å². The van der Waals surface area contributed by atoms with Gasteiger partial charge in [-0.25, -0.2) is 4.39 Å². The van der Waals surface area contributed by atoms with Crippen molar-refractivity contribution in [2.24, 2.45) is 5.16 Å². The number of nitrogens with zero attached hydrogens (tertiary/aromatic N) is 1. The first kappa shape index (κ1) is 8.01. The summed E-state index contributed by atoms with van der Waals surface area (Å²) in [5, 5.41) is 11.2. The van der Waals surface area contributed by atoms with Gasteiger partial charge in [0.15, 0.2) is 0 Å². The third-order valence-electron chi connectivity index (χ3n) is 1.15. The second-order valence-corrected chi connectivity index (χ2v) is 2.32. The highest BCUT2D eigenvalue weighted by Crippen LogP contribution is 2.14. The molecule has 4 heteroatoms. The molecule has 2 nitrogen and oxygen atoms in total. The molecule has 0 bridgehead atoms. The van der Waals surface area contributed by atoms with Crippen LogP contribution in [0.15, 0.2) is 23.4 Å². The summed E-state index contributed by atoms with van der Waals surface area (Å²) in [6.07, 6.45) is 1.07. The van der Waals surface area contributed by atoms with Crippen LogP contribution in [0.4, 0.5) is 4.39 Å². The van der Waals surface area contributed by atoms with Crippen LogP contribution in [0.25, 0.3) is 0 Å². The summed E-state index contributed by atoms with van der Waals surface area (Å²) in [6.45, 7) is 0. The summed E-state index contributed by atoms with van der Waals surface area (Å²) in [5.41, 5.74) is 0.356. The largest absolute Gasteiger partial charge is 0.411 e. The van der Waals surface area contributed by atoms with Crippen LogP contribution in [-0.2, 0) is 0 Å². The van der Waals surface area contributed by atoms with E-state index in [1.54, 1.807) is 0 Å². The molecule has 0 radical (unpaired) electrons. The summed E-state index contributed by atoms with van der Waals surface area (Å²) >= 11 is 5.61. The molecule has 0 aliphatic rings. The van der Waals surface area contributed by atoms with Gasteiger partial charge in [-0.05, 0) is 18.2 Å². The number of oxime groups is 1. The van der Waals surface area contributed by atoms with Gasteiger partial charge in [0.2, 0.25) is 0 Å². The lowest BCUT2D eigenvalue weighted by Crippen LogP contribution is -1.84. The lowest BCUT2D eigenvalue weighted by Gasteiger charge is -1.94. The fourth-order valence-electron chi connectivity index (χ4n) is 0.676. The Labute approximate surface area is 67.9 Å². The van der Waals surface area contributed by atoms with Crippen LogP contribution in [0.3, 0.4) is 0 Å². The Morgan fingerprint density at radius 3 is 2.91 bits per heavy atom. The summed E-state index contributed by atoms with van der Waals surface area (Å²) in [4.78, 5) is 0. The van der Waals surface area contributed by atoms with Gasteiger partial charge in [-0.1, -0.05) is 16.8 Å². The van der Waals surface area contributed by atoms with Crippen molar-refractivity contribution in [3.05, 3.63) is 34.6 Å². The third-order valence-corrected chi connectivity index (χ3v) is 1.50. The molecule has 11 heavy (non-hydrogen) atoms. The molecular formula is C7H5ClFNO. The Balaban J connectivity index is 3.12. The van der Waals surface area contributed by atoms with Gasteiger partial charge in [0.25, 0.3) is 0 Å². The second kappa shape index (κ2) is 3.34. The molecule has 0 saturated heterocycles. The highest BCUT2D eigenvalue weighted by molar-refractivity contribution is 6.33. The Morgan fingerprint density at radius 2 is 2.27 bits per heavy atom. The van der Waals surface area contributed by atoms with Crippen LogP contribution < -0.4 is 0 Å². The average Bonchev–Trinajstić information content (AvgIpc) is 1.98. The molecule has 0 atom stereocenters. The highest BCUT2D eigenvalue weighted by Gasteiger charge is 1.98. The topological polar surface area (TPSA) is 32.6 Å². The van der Waals surface area contributed by atoms with Gasteiger partial charge in [0, 0.05) is 10.6 Å². The van der Waals surface area contributed by atoms with Crippen molar-refractivity contribution in [1.29, 1.82) is 0 Å². The maximum absolute atomic E-state index is 12.5. The van der Waals surface area contributed by atoms with Gasteiger partial charge in [0.1, 0.15) is 5.82 Å². The molecule has 0 aromatic heterocycles. The van der Waals surface area contributed by atoms with E-state index in [9.17, 15) is 4.39 Å². The first-order chi connectivity index (χ1) is 5.24. The van der Waals surface area contributed by atoms with E-state index >= 15 is 0 Å². The van der Waals surface area contributed by atoms with Gasteiger partial charge in [-0.2, -0.15) is 0 Å². The summed E-state index contributed by atoms with van der Waals surface area (Å²) < 4.78 is 12.5. The predicted molar refractivity (Wildman–Crippen MR) is 40.8 cm³/mol. The maximum Gasteiger partial charge on any atom is 0.123 e. The monoisotopic (exact) mass is 173 g/mol. The molecule has 0 spiro atoms. The molecule has 0 aliphatic heterocycles. The van der Waals surface area contributed by atoms with Crippen LogP contribution in [-0.4, -0.2) is 11.4 Å². The first-order valence-corrected chi connectivity index (χ1v) is 3.24. The fourth-order valence-corrected chi connectivity index (χ4v) is 0.842. The molecular weight excluding hydrogens is 169 g/mol. The van der Waals surface area contributed by atoms with Gasteiger partial charge in [-0.15, -0.1) is 0 Å². The van der Waals surface area contributed by atoms with Gasteiger partial charge in [0.05, 0.1) is 6.21 Å². The van der Waals surface area contributed by atoms with E-state index in [0.29, 0.717) is 10.6 Å². The maximum atomic E-state index is 12.5. The Kier molecular flexibility index (Phi) is 2.44. The highest BCUT2D eigenvalue weighted by atomic mass is 35.5. The third kappa shape index (κ3) is 1.91. The van der Waals surface area contributed by atoms with Crippen molar-refractivity contribution in [1.82, 2.24) is 0 Å². The first-order valence-electron chi connectivity index (χ1n) is 2.86. The Hall–Kier alpha value is -1.09. The molecule has 1 aromatic carbocycles. The van der Waals surface area contributed by atoms with Crippen LogP contribution >= 0.6 is 11.6 Å². The standard InChI is InChI=1S/C7H5ClFNO/c8-7-2-1-6(9)3-5(7)4-10-11/h1-4,11H/b10-4+. The van der Waals surface area contributed by atoms with E-state index in [4.69, 9.17) is 16.8 Å². The SMILES string of the molecule is O/N=C/c1cc(F)ccc1Cl. The van der Waals surface area contributed by atoms with Crippen molar-refractivity contribution in [2.75, 3.05) is 0 Å². The van der Waals surface area contributed by atoms with Gasteiger partial charge in [-0.3, -0.25) is 0 Å². The smallest absolute Gasteiger partial charge is 0.123 e. The van der Waals surface area contributed by atoms with E-state index in [1.165, 1.54) is 18.2 Å². The summed E-state index contributed by atoms with van der Waals surface area (Å²) in [6, 6.07) is 3.81. The molecule has 58 valence electrons. The minimum atomic E-state index is -0.413. The molecule has 1 aromatic rings. The number of halogens is 2. The van der Waals surface area contributed by atoms with E-state index in [2.05, 4.69) is 5.16 Å². The normalized spacial score (nSPS) is 10.7. The fraction of sp³-hybridized carbons (Fsp3) is 0. The predicted octanol–water partition coefficient (Wildman–Crippen LogP) is 2.29. The summed E-state index contributed by atoms with van der Waals surface area (Å²) in [5.74, 6) is -0.413. The van der Waals surface area contributed by atoms with Crippen LogP contribution in [0, 0.1) is 5.82 Å². The zero-order chi connectivity index (χ0) is 8.27. The quantitative estimate of drug-likeness (QED) is 0.395. The lowest BCUT2D eigenvalue weighted by atomic mass is 10.2. The number of rotatable bonds is 1. The van der Waals surface area contributed by atoms with Crippen molar-refractivity contribution in [3.63, 3.8) is 0 Å². The van der Waals surface area contributed by atoms with Gasteiger partial charge >= 0.3 is 0 Å². The zero-order valence-electron chi connectivity index (χ0n) is 5.46. The second-order valence-electron chi connectivity index (χ2n) is 1.91. The minimum absolute atomic E-state index is 0.351. The minimum Gasteiger partial charge on any atom is -0.411 e. The number of hydrogen-bond donors (Lipinski definition) is 1. The molecule has 1 rings (SSSR count). The van der Waals surface area contributed by atoms with Crippen LogP contribution in [0.1, 0.15) is 5.56 Å².